The number of benzene rings is 1. The van der Waals surface area contributed by atoms with Crippen LogP contribution in [0.5, 0.6) is 0 Å². The predicted octanol–water partition coefficient (Wildman–Crippen LogP) is 2.74. The van der Waals surface area contributed by atoms with E-state index in [-0.39, 0.29) is 6.04 Å². The first kappa shape index (κ1) is 15.3. The fraction of sp³-hybridized carbons (Fsp3) is 0.571. The highest BCUT2D eigenvalue weighted by Gasteiger charge is 2.26. The first-order valence-electron chi connectivity index (χ1n) is 6.62. The Balaban J connectivity index is 2.17. The molecule has 1 saturated heterocycles. The third-order valence-corrected chi connectivity index (χ3v) is 5.22. The molecule has 106 valence electrons. The minimum absolute atomic E-state index is 0.252. The van der Waals surface area contributed by atoms with Gasteiger partial charge >= 0.3 is 0 Å². The van der Waals surface area contributed by atoms with Gasteiger partial charge in [0.15, 0.2) is 0 Å². The zero-order valence-electron chi connectivity index (χ0n) is 11.4. The van der Waals surface area contributed by atoms with Gasteiger partial charge in [0.1, 0.15) is 0 Å². The molecule has 2 unspecified atom stereocenters. The van der Waals surface area contributed by atoms with Gasteiger partial charge in [0.2, 0.25) is 0 Å². The van der Waals surface area contributed by atoms with Crippen LogP contribution < -0.4 is 5.73 Å². The first-order chi connectivity index (χ1) is 9.02. The van der Waals surface area contributed by atoms with E-state index in [0.717, 1.165) is 29.1 Å². The van der Waals surface area contributed by atoms with Gasteiger partial charge in [-0.2, -0.15) is 0 Å². The Labute approximate surface area is 128 Å². The summed E-state index contributed by atoms with van der Waals surface area (Å²) in [6.07, 6.45) is 0. The summed E-state index contributed by atoms with van der Waals surface area (Å²) in [6.45, 7) is 6.06. The van der Waals surface area contributed by atoms with E-state index in [4.69, 9.17) is 17.3 Å². The van der Waals surface area contributed by atoms with Gasteiger partial charge in [-0.3, -0.25) is 4.90 Å². The smallest absolute Gasteiger partial charge is 0.0551 e. The topological polar surface area (TPSA) is 32.5 Å². The van der Waals surface area contributed by atoms with Crippen molar-refractivity contribution in [2.24, 2.45) is 5.73 Å². The summed E-state index contributed by atoms with van der Waals surface area (Å²) in [7, 11) is 2.18. The Morgan fingerprint density at radius 2 is 2.21 bits per heavy atom. The van der Waals surface area contributed by atoms with E-state index in [1.807, 2.05) is 12.1 Å². The minimum atomic E-state index is 0.252. The summed E-state index contributed by atoms with van der Waals surface area (Å²) in [6, 6.07) is 6.94. The van der Waals surface area contributed by atoms with E-state index in [1.165, 1.54) is 5.56 Å². The van der Waals surface area contributed by atoms with Crippen molar-refractivity contribution >= 4 is 27.5 Å². The van der Waals surface area contributed by atoms with Crippen molar-refractivity contribution in [1.29, 1.82) is 0 Å². The predicted molar refractivity (Wildman–Crippen MR) is 84.6 cm³/mol. The van der Waals surface area contributed by atoms with Gasteiger partial charge in [-0.25, -0.2) is 0 Å². The standard InChI is InChI=1S/C14H21BrClN3/c1-10-9-19(6-5-18(10)2)14(8-17)11-3-4-12(15)13(16)7-11/h3-4,7,10,14H,5-6,8-9,17H2,1-2H3. The Bertz CT molecular complexity index is 441. The second kappa shape index (κ2) is 6.55. The van der Waals surface area contributed by atoms with E-state index < -0.39 is 0 Å². The number of nitrogens with two attached hydrogens (primary N) is 1. The molecular formula is C14H21BrClN3. The minimum Gasteiger partial charge on any atom is -0.329 e. The number of piperazine rings is 1. The molecule has 1 heterocycles. The van der Waals surface area contributed by atoms with Crippen LogP contribution >= 0.6 is 27.5 Å². The number of halogens is 2. The zero-order valence-corrected chi connectivity index (χ0v) is 13.8. The maximum absolute atomic E-state index is 6.19. The van der Waals surface area contributed by atoms with Crippen molar-refractivity contribution in [2.75, 3.05) is 33.2 Å². The van der Waals surface area contributed by atoms with Gasteiger partial charge in [-0.15, -0.1) is 0 Å². The average Bonchev–Trinajstić information content (AvgIpc) is 2.39. The van der Waals surface area contributed by atoms with Crippen LogP contribution in [0.3, 0.4) is 0 Å². The van der Waals surface area contributed by atoms with Gasteiger partial charge in [0.05, 0.1) is 5.02 Å². The molecule has 1 fully saturated rings. The molecule has 3 nitrogen and oxygen atoms in total. The normalized spacial score (nSPS) is 23.5. The molecule has 2 atom stereocenters. The van der Waals surface area contributed by atoms with Crippen LogP contribution in [0.15, 0.2) is 22.7 Å². The third-order valence-electron chi connectivity index (χ3n) is 3.98. The van der Waals surface area contributed by atoms with E-state index in [9.17, 15) is 0 Å². The highest BCUT2D eigenvalue weighted by Crippen LogP contribution is 2.29. The van der Waals surface area contributed by atoms with Gasteiger partial charge in [0.25, 0.3) is 0 Å². The lowest BCUT2D eigenvalue weighted by molar-refractivity contribution is 0.0741. The maximum Gasteiger partial charge on any atom is 0.0551 e. The van der Waals surface area contributed by atoms with Crippen molar-refractivity contribution in [3.63, 3.8) is 0 Å². The monoisotopic (exact) mass is 345 g/mol. The van der Waals surface area contributed by atoms with Crippen LogP contribution in [-0.2, 0) is 0 Å². The lowest BCUT2D eigenvalue weighted by Gasteiger charge is -2.41. The summed E-state index contributed by atoms with van der Waals surface area (Å²) in [5.41, 5.74) is 7.20. The molecule has 1 aliphatic heterocycles. The summed E-state index contributed by atoms with van der Waals surface area (Å²) in [5.74, 6) is 0. The van der Waals surface area contributed by atoms with Crippen LogP contribution in [0.1, 0.15) is 18.5 Å². The second-order valence-corrected chi connectivity index (χ2v) is 6.51. The molecule has 5 heteroatoms. The van der Waals surface area contributed by atoms with Crippen LogP contribution in [0.4, 0.5) is 0 Å². The van der Waals surface area contributed by atoms with Crippen LogP contribution in [-0.4, -0.2) is 49.1 Å². The van der Waals surface area contributed by atoms with E-state index >= 15 is 0 Å². The van der Waals surface area contributed by atoms with Gasteiger partial charge in [-0.05, 0) is 47.6 Å². The number of hydrogen-bond donors (Lipinski definition) is 1. The Kier molecular flexibility index (Phi) is 5.26. The van der Waals surface area contributed by atoms with E-state index in [1.54, 1.807) is 0 Å². The molecule has 1 aliphatic rings. The fourth-order valence-electron chi connectivity index (χ4n) is 2.58. The fourth-order valence-corrected chi connectivity index (χ4v) is 3.01. The second-order valence-electron chi connectivity index (χ2n) is 5.25. The first-order valence-corrected chi connectivity index (χ1v) is 7.79. The molecule has 0 amide bonds. The van der Waals surface area contributed by atoms with Crippen LogP contribution in [0, 0.1) is 0 Å². The number of likely N-dealkylation sites (N-methyl/N-ethyl adjacent to an activating group) is 1. The van der Waals surface area contributed by atoms with Gasteiger partial charge in [0, 0.05) is 42.7 Å². The number of hydrogen-bond acceptors (Lipinski definition) is 3. The molecule has 1 aromatic carbocycles. The van der Waals surface area contributed by atoms with Crippen molar-refractivity contribution in [2.45, 2.75) is 19.0 Å². The Hall–Kier alpha value is -0.130. The highest BCUT2D eigenvalue weighted by atomic mass is 79.9. The Morgan fingerprint density at radius 3 is 2.79 bits per heavy atom. The summed E-state index contributed by atoms with van der Waals surface area (Å²) in [4.78, 5) is 4.85. The molecule has 0 saturated carbocycles. The lowest BCUT2D eigenvalue weighted by Crippen LogP contribution is -2.52. The van der Waals surface area contributed by atoms with E-state index in [2.05, 4.69) is 45.8 Å². The molecule has 0 aromatic heterocycles. The third kappa shape index (κ3) is 3.50. The molecule has 0 bridgehead atoms. The number of rotatable bonds is 3. The van der Waals surface area contributed by atoms with Crippen molar-refractivity contribution < 1.29 is 0 Å². The highest BCUT2D eigenvalue weighted by molar-refractivity contribution is 9.10. The summed E-state index contributed by atoms with van der Waals surface area (Å²) < 4.78 is 0.931. The van der Waals surface area contributed by atoms with Crippen LogP contribution in [0.25, 0.3) is 0 Å². The molecule has 0 aliphatic carbocycles. The zero-order chi connectivity index (χ0) is 14.0. The molecule has 2 rings (SSSR count). The molecule has 0 radical (unpaired) electrons. The van der Waals surface area contributed by atoms with Gasteiger partial charge < -0.3 is 10.6 Å². The van der Waals surface area contributed by atoms with E-state index in [0.29, 0.717) is 12.6 Å². The Morgan fingerprint density at radius 1 is 1.47 bits per heavy atom. The molecular weight excluding hydrogens is 326 g/mol. The van der Waals surface area contributed by atoms with Crippen molar-refractivity contribution in [3.05, 3.63) is 33.3 Å². The summed E-state index contributed by atoms with van der Waals surface area (Å²) in [5, 5.41) is 0.748. The van der Waals surface area contributed by atoms with Crippen molar-refractivity contribution in [1.82, 2.24) is 9.80 Å². The SMILES string of the molecule is CC1CN(C(CN)c2ccc(Br)c(Cl)c2)CCN1C. The van der Waals surface area contributed by atoms with Gasteiger partial charge in [-0.1, -0.05) is 17.7 Å². The quantitative estimate of drug-likeness (QED) is 0.913. The number of nitrogens with zero attached hydrogens (tertiary/aromatic N) is 2. The lowest BCUT2D eigenvalue weighted by atomic mass is 10.0. The largest absolute Gasteiger partial charge is 0.329 e. The maximum atomic E-state index is 6.19. The van der Waals surface area contributed by atoms with Crippen LogP contribution in [0.2, 0.25) is 5.02 Å². The molecule has 1 aromatic rings. The summed E-state index contributed by atoms with van der Waals surface area (Å²) >= 11 is 9.62. The van der Waals surface area contributed by atoms with Crippen molar-refractivity contribution in [3.8, 4) is 0 Å². The molecule has 19 heavy (non-hydrogen) atoms. The molecule has 2 N–H and O–H groups in total. The molecule has 0 spiro atoms. The average molecular weight is 347 g/mol.